The lowest BCUT2D eigenvalue weighted by molar-refractivity contribution is 0.269. The first-order valence-corrected chi connectivity index (χ1v) is 9.72. The summed E-state index contributed by atoms with van der Waals surface area (Å²) in [5.74, 6) is 1.29. The van der Waals surface area contributed by atoms with Crippen LogP contribution in [0.15, 0.2) is 47.5 Å². The first kappa shape index (κ1) is 19.8. The highest BCUT2D eigenvalue weighted by molar-refractivity contribution is 9.10. The zero-order valence-electron chi connectivity index (χ0n) is 14.5. The Balaban J connectivity index is 1.76. The summed E-state index contributed by atoms with van der Waals surface area (Å²) in [5, 5.41) is 8.67. The number of hydrogen-bond acceptors (Lipinski definition) is 5. The van der Waals surface area contributed by atoms with Gasteiger partial charge in [-0.1, -0.05) is 45.2 Å². The minimum absolute atomic E-state index is 0.306. The predicted molar refractivity (Wildman–Crippen MR) is 109 cm³/mol. The molecule has 1 heterocycles. The largest absolute Gasteiger partial charge is 0.490 e. The van der Waals surface area contributed by atoms with Crippen LogP contribution >= 0.6 is 39.1 Å². The molecule has 0 bridgehead atoms. The van der Waals surface area contributed by atoms with E-state index in [4.69, 9.17) is 32.7 Å². The van der Waals surface area contributed by atoms with Gasteiger partial charge in [-0.25, -0.2) is 4.68 Å². The van der Waals surface area contributed by atoms with Gasteiger partial charge >= 0.3 is 0 Å². The molecule has 9 heteroatoms. The molecule has 0 aliphatic heterocycles. The molecular formula is C18H17BrCl2N4O2. The SMILES string of the molecule is CCOc1cc(CNn2cnnc2)c(Br)cc1OCc1ccc(Cl)cc1Cl. The summed E-state index contributed by atoms with van der Waals surface area (Å²) < 4.78 is 14.3. The van der Waals surface area contributed by atoms with E-state index in [0.717, 1.165) is 15.6 Å². The number of rotatable bonds is 8. The Hall–Kier alpha value is -1.96. The monoisotopic (exact) mass is 470 g/mol. The number of nitrogens with one attached hydrogen (secondary N) is 1. The van der Waals surface area contributed by atoms with Crippen molar-refractivity contribution in [2.75, 3.05) is 12.0 Å². The maximum atomic E-state index is 6.22. The summed E-state index contributed by atoms with van der Waals surface area (Å²) in [6, 6.07) is 9.14. The van der Waals surface area contributed by atoms with Crippen LogP contribution in [0.5, 0.6) is 11.5 Å². The molecule has 3 aromatic rings. The lowest BCUT2D eigenvalue weighted by atomic mass is 10.2. The van der Waals surface area contributed by atoms with Crippen molar-refractivity contribution in [1.29, 1.82) is 0 Å². The van der Waals surface area contributed by atoms with E-state index in [1.54, 1.807) is 29.5 Å². The van der Waals surface area contributed by atoms with Crippen molar-refractivity contribution in [3.8, 4) is 11.5 Å². The average Bonchev–Trinajstić information content (AvgIpc) is 3.15. The van der Waals surface area contributed by atoms with E-state index in [9.17, 15) is 0 Å². The molecule has 6 nitrogen and oxygen atoms in total. The zero-order chi connectivity index (χ0) is 19.2. The maximum absolute atomic E-state index is 6.22. The second-order valence-corrected chi connectivity index (χ2v) is 7.25. The average molecular weight is 472 g/mol. The Kier molecular flexibility index (Phi) is 6.82. The van der Waals surface area contributed by atoms with Crippen LogP contribution < -0.4 is 14.9 Å². The second-order valence-electron chi connectivity index (χ2n) is 5.55. The van der Waals surface area contributed by atoms with Gasteiger partial charge in [0.1, 0.15) is 19.3 Å². The summed E-state index contributed by atoms with van der Waals surface area (Å²) >= 11 is 15.7. The Morgan fingerprint density at radius 2 is 1.78 bits per heavy atom. The fourth-order valence-electron chi connectivity index (χ4n) is 2.35. The third-order valence-electron chi connectivity index (χ3n) is 3.68. The van der Waals surface area contributed by atoms with Gasteiger partial charge in [0.2, 0.25) is 0 Å². The smallest absolute Gasteiger partial charge is 0.162 e. The van der Waals surface area contributed by atoms with Crippen LogP contribution in [-0.4, -0.2) is 21.5 Å². The maximum Gasteiger partial charge on any atom is 0.162 e. The summed E-state index contributed by atoms with van der Waals surface area (Å²) in [6.07, 6.45) is 3.18. The van der Waals surface area contributed by atoms with Crippen LogP contribution in [0.1, 0.15) is 18.1 Å². The highest BCUT2D eigenvalue weighted by Crippen LogP contribution is 2.35. The number of benzene rings is 2. The topological polar surface area (TPSA) is 61.2 Å². The molecule has 142 valence electrons. The van der Waals surface area contributed by atoms with Crippen LogP contribution in [0.4, 0.5) is 0 Å². The van der Waals surface area contributed by atoms with Gasteiger partial charge in [-0.3, -0.25) is 0 Å². The Morgan fingerprint density at radius 1 is 1.04 bits per heavy atom. The molecule has 1 aromatic heterocycles. The van der Waals surface area contributed by atoms with Crippen molar-refractivity contribution >= 4 is 39.1 Å². The van der Waals surface area contributed by atoms with E-state index in [1.807, 2.05) is 25.1 Å². The molecule has 0 radical (unpaired) electrons. The predicted octanol–water partition coefficient (Wildman–Crippen LogP) is 5.07. The Labute approximate surface area is 175 Å². The molecule has 2 aromatic carbocycles. The van der Waals surface area contributed by atoms with E-state index in [0.29, 0.717) is 41.3 Å². The summed E-state index contributed by atoms with van der Waals surface area (Å²) in [6.45, 7) is 3.32. The third kappa shape index (κ3) is 5.28. The molecule has 0 saturated heterocycles. The zero-order valence-corrected chi connectivity index (χ0v) is 17.6. The van der Waals surface area contributed by atoms with E-state index in [2.05, 4.69) is 31.6 Å². The van der Waals surface area contributed by atoms with Crippen LogP contribution in [0.25, 0.3) is 0 Å². The summed E-state index contributed by atoms with van der Waals surface area (Å²) in [4.78, 5) is 0. The van der Waals surface area contributed by atoms with Gasteiger partial charge in [0, 0.05) is 20.1 Å². The number of ether oxygens (including phenoxy) is 2. The van der Waals surface area contributed by atoms with Crippen molar-refractivity contribution in [1.82, 2.24) is 14.9 Å². The molecular weight excluding hydrogens is 455 g/mol. The van der Waals surface area contributed by atoms with Crippen LogP contribution in [0.3, 0.4) is 0 Å². The Bertz CT molecular complexity index is 907. The second kappa shape index (κ2) is 9.30. The van der Waals surface area contributed by atoms with Crippen LogP contribution in [0, 0.1) is 0 Å². The highest BCUT2D eigenvalue weighted by Gasteiger charge is 2.12. The van der Waals surface area contributed by atoms with Gasteiger partial charge < -0.3 is 14.9 Å². The first-order valence-electron chi connectivity index (χ1n) is 8.17. The molecule has 0 aliphatic rings. The molecule has 1 N–H and O–H groups in total. The molecule has 0 fully saturated rings. The number of hydrogen-bond donors (Lipinski definition) is 1. The molecule has 0 unspecified atom stereocenters. The molecule has 0 spiro atoms. The molecule has 3 rings (SSSR count). The van der Waals surface area contributed by atoms with Gasteiger partial charge in [-0.15, -0.1) is 10.2 Å². The molecule has 27 heavy (non-hydrogen) atoms. The number of nitrogens with zero attached hydrogens (tertiary/aromatic N) is 3. The lowest BCUT2D eigenvalue weighted by Gasteiger charge is -2.16. The fourth-order valence-corrected chi connectivity index (χ4v) is 3.27. The fraction of sp³-hybridized carbons (Fsp3) is 0.222. The van der Waals surface area contributed by atoms with E-state index in [1.165, 1.54) is 0 Å². The van der Waals surface area contributed by atoms with Gasteiger partial charge in [0.05, 0.1) is 13.2 Å². The summed E-state index contributed by atoms with van der Waals surface area (Å²) in [5.41, 5.74) is 5.03. The van der Waals surface area contributed by atoms with Gasteiger partial charge in [-0.05, 0) is 36.8 Å². The standard InChI is InChI=1S/C18H17BrCl2N4O2/c1-2-26-17-5-13(8-24-25-10-22-23-11-25)15(19)7-18(17)27-9-12-3-4-14(20)6-16(12)21/h3-7,10-11,24H,2,8-9H2,1H3. The van der Waals surface area contributed by atoms with Crippen molar-refractivity contribution in [2.24, 2.45) is 0 Å². The number of halogens is 3. The minimum atomic E-state index is 0.306. The number of aromatic nitrogens is 3. The van der Waals surface area contributed by atoms with E-state index < -0.39 is 0 Å². The van der Waals surface area contributed by atoms with E-state index in [-0.39, 0.29) is 0 Å². The van der Waals surface area contributed by atoms with Gasteiger partial charge in [-0.2, -0.15) is 0 Å². The molecule has 0 atom stereocenters. The van der Waals surface area contributed by atoms with Crippen LogP contribution in [-0.2, 0) is 13.2 Å². The van der Waals surface area contributed by atoms with Crippen molar-refractivity contribution in [3.05, 3.63) is 68.6 Å². The summed E-state index contributed by atoms with van der Waals surface area (Å²) in [7, 11) is 0. The van der Waals surface area contributed by atoms with Crippen LogP contribution in [0.2, 0.25) is 10.0 Å². The van der Waals surface area contributed by atoms with Gasteiger partial charge in [0.15, 0.2) is 11.5 Å². The van der Waals surface area contributed by atoms with Crippen molar-refractivity contribution < 1.29 is 9.47 Å². The molecule has 0 saturated carbocycles. The molecule has 0 amide bonds. The van der Waals surface area contributed by atoms with Crippen molar-refractivity contribution in [3.63, 3.8) is 0 Å². The minimum Gasteiger partial charge on any atom is -0.490 e. The van der Waals surface area contributed by atoms with Gasteiger partial charge in [0.25, 0.3) is 0 Å². The highest BCUT2D eigenvalue weighted by atomic mass is 79.9. The normalized spacial score (nSPS) is 10.7. The lowest BCUT2D eigenvalue weighted by Crippen LogP contribution is -2.13. The first-order chi connectivity index (χ1) is 13.1. The quantitative estimate of drug-likeness (QED) is 0.497. The Morgan fingerprint density at radius 3 is 2.48 bits per heavy atom. The molecule has 0 aliphatic carbocycles. The third-order valence-corrected chi connectivity index (χ3v) is 5.01. The van der Waals surface area contributed by atoms with E-state index >= 15 is 0 Å². The van der Waals surface area contributed by atoms with Crippen molar-refractivity contribution in [2.45, 2.75) is 20.1 Å².